The number of hydrogen-bond acceptors (Lipinski definition) is 3. The van der Waals surface area contributed by atoms with Gasteiger partial charge < -0.3 is 5.32 Å². The Balaban J connectivity index is 1.83. The van der Waals surface area contributed by atoms with E-state index in [1.807, 2.05) is 6.92 Å². The zero-order valence-electron chi connectivity index (χ0n) is 14.1. The average molecular weight is 413 g/mol. The number of anilines is 1. The zero-order chi connectivity index (χ0) is 18.9. The van der Waals surface area contributed by atoms with Crippen LogP contribution in [-0.4, -0.2) is 20.9 Å². The molecule has 138 valence electrons. The third-order valence-corrected chi connectivity index (χ3v) is 6.28. The van der Waals surface area contributed by atoms with Crippen molar-refractivity contribution in [2.45, 2.75) is 24.7 Å². The number of halogens is 2. The molecule has 0 aliphatic heterocycles. The van der Waals surface area contributed by atoms with Crippen LogP contribution in [0.4, 0.5) is 5.69 Å². The highest BCUT2D eigenvalue weighted by atomic mass is 35.5. The third-order valence-electron chi connectivity index (χ3n) is 4.17. The van der Waals surface area contributed by atoms with E-state index in [0.29, 0.717) is 23.2 Å². The van der Waals surface area contributed by atoms with Gasteiger partial charge in [-0.05, 0) is 61.6 Å². The summed E-state index contributed by atoms with van der Waals surface area (Å²) in [6.07, 6.45) is 2.21. The molecule has 0 saturated heterocycles. The smallest absolute Gasteiger partial charge is 0.261 e. The topological polar surface area (TPSA) is 75.3 Å². The number of carbonyl (C=O) groups excluding carboxylic acids is 1. The molecule has 0 aromatic heterocycles. The maximum atomic E-state index is 12.6. The van der Waals surface area contributed by atoms with Crippen LogP contribution in [0.3, 0.4) is 0 Å². The quantitative estimate of drug-likeness (QED) is 0.744. The molecule has 1 aliphatic rings. The molecule has 1 saturated carbocycles. The Morgan fingerprint density at radius 1 is 1.12 bits per heavy atom. The number of carbonyl (C=O) groups is 1. The number of aryl methyl sites for hydroxylation is 1. The molecular weight excluding hydrogens is 395 g/mol. The summed E-state index contributed by atoms with van der Waals surface area (Å²) < 4.78 is 27.7. The molecule has 2 aromatic rings. The van der Waals surface area contributed by atoms with Gasteiger partial charge in [-0.1, -0.05) is 29.3 Å². The number of hydrogen-bond donors (Lipinski definition) is 2. The molecule has 1 aliphatic carbocycles. The van der Waals surface area contributed by atoms with Gasteiger partial charge >= 0.3 is 0 Å². The first kappa shape index (κ1) is 19.0. The van der Waals surface area contributed by atoms with Gasteiger partial charge in [0.05, 0.1) is 21.2 Å². The normalized spacial score (nSPS) is 14.1. The summed E-state index contributed by atoms with van der Waals surface area (Å²) in [5.41, 5.74) is 1.32. The van der Waals surface area contributed by atoms with Crippen molar-refractivity contribution in [2.75, 3.05) is 11.3 Å². The summed E-state index contributed by atoms with van der Waals surface area (Å²) in [5, 5.41) is 3.45. The summed E-state index contributed by atoms with van der Waals surface area (Å²) in [7, 11) is -3.88. The highest BCUT2D eigenvalue weighted by Crippen LogP contribution is 2.28. The molecule has 2 N–H and O–H groups in total. The van der Waals surface area contributed by atoms with E-state index in [1.54, 1.807) is 12.1 Å². The third kappa shape index (κ3) is 4.50. The predicted octanol–water partition coefficient (Wildman–Crippen LogP) is 4.24. The van der Waals surface area contributed by atoms with E-state index in [2.05, 4.69) is 10.0 Å². The molecule has 8 heteroatoms. The second-order valence-electron chi connectivity index (χ2n) is 6.36. The lowest BCUT2D eigenvalue weighted by Crippen LogP contribution is -2.26. The minimum Gasteiger partial charge on any atom is -0.352 e. The fourth-order valence-electron chi connectivity index (χ4n) is 2.37. The van der Waals surface area contributed by atoms with Gasteiger partial charge in [-0.25, -0.2) is 8.42 Å². The van der Waals surface area contributed by atoms with Gasteiger partial charge in [-0.15, -0.1) is 0 Å². The van der Waals surface area contributed by atoms with Crippen molar-refractivity contribution in [1.29, 1.82) is 0 Å². The maximum absolute atomic E-state index is 12.6. The van der Waals surface area contributed by atoms with Crippen LogP contribution in [0.1, 0.15) is 28.8 Å². The van der Waals surface area contributed by atoms with E-state index in [1.165, 1.54) is 24.3 Å². The minimum absolute atomic E-state index is 0.0461. The van der Waals surface area contributed by atoms with Gasteiger partial charge in [0, 0.05) is 11.6 Å². The molecule has 1 amide bonds. The molecule has 5 nitrogen and oxygen atoms in total. The largest absolute Gasteiger partial charge is 0.352 e. The molecular formula is C18H18Cl2N2O3S. The first-order valence-electron chi connectivity index (χ1n) is 8.13. The molecule has 2 aromatic carbocycles. The maximum Gasteiger partial charge on any atom is 0.261 e. The van der Waals surface area contributed by atoms with Gasteiger partial charge in [0.15, 0.2) is 0 Å². The Bertz CT molecular complexity index is 957. The van der Waals surface area contributed by atoms with Crippen molar-refractivity contribution in [3.05, 3.63) is 57.6 Å². The minimum atomic E-state index is -3.88. The molecule has 1 fully saturated rings. The van der Waals surface area contributed by atoms with Crippen LogP contribution in [0.15, 0.2) is 41.3 Å². The predicted molar refractivity (Wildman–Crippen MR) is 104 cm³/mol. The average Bonchev–Trinajstić information content (AvgIpc) is 3.40. The lowest BCUT2D eigenvalue weighted by Gasteiger charge is -2.11. The molecule has 0 radical (unpaired) electrons. The Labute approximate surface area is 162 Å². The molecule has 0 unspecified atom stereocenters. The van der Waals surface area contributed by atoms with Crippen LogP contribution >= 0.6 is 23.2 Å². The fourth-order valence-corrected chi connectivity index (χ4v) is 3.83. The first-order chi connectivity index (χ1) is 12.3. The van der Waals surface area contributed by atoms with Crippen molar-refractivity contribution in [3.8, 4) is 0 Å². The summed E-state index contributed by atoms with van der Waals surface area (Å²) in [6, 6.07) is 8.93. The monoisotopic (exact) mass is 412 g/mol. The molecule has 0 spiro atoms. The summed E-state index contributed by atoms with van der Waals surface area (Å²) in [6.45, 7) is 2.40. The molecule has 3 rings (SSSR count). The Kier molecular flexibility index (Phi) is 5.46. The number of benzene rings is 2. The van der Waals surface area contributed by atoms with Gasteiger partial charge in [0.25, 0.3) is 15.9 Å². The van der Waals surface area contributed by atoms with E-state index >= 15 is 0 Å². The zero-order valence-corrected chi connectivity index (χ0v) is 16.4. The number of rotatable bonds is 6. The van der Waals surface area contributed by atoms with Gasteiger partial charge in [0.1, 0.15) is 0 Å². The number of sulfonamides is 1. The van der Waals surface area contributed by atoms with Crippen LogP contribution < -0.4 is 10.0 Å². The van der Waals surface area contributed by atoms with Crippen LogP contribution in [0.25, 0.3) is 0 Å². The fraction of sp³-hybridized carbons (Fsp3) is 0.278. The summed E-state index contributed by atoms with van der Waals surface area (Å²) in [5.74, 6) is 0.134. The van der Waals surface area contributed by atoms with E-state index in [0.717, 1.165) is 18.4 Å². The molecule has 0 atom stereocenters. The van der Waals surface area contributed by atoms with Crippen molar-refractivity contribution in [2.24, 2.45) is 5.92 Å². The highest BCUT2D eigenvalue weighted by Gasteiger charge is 2.23. The molecule has 26 heavy (non-hydrogen) atoms. The van der Waals surface area contributed by atoms with E-state index in [4.69, 9.17) is 23.2 Å². The van der Waals surface area contributed by atoms with Crippen molar-refractivity contribution in [3.63, 3.8) is 0 Å². The van der Waals surface area contributed by atoms with E-state index in [9.17, 15) is 13.2 Å². The number of amides is 1. The van der Waals surface area contributed by atoms with Gasteiger partial charge in [-0.3, -0.25) is 9.52 Å². The van der Waals surface area contributed by atoms with Crippen molar-refractivity contribution < 1.29 is 13.2 Å². The summed E-state index contributed by atoms with van der Waals surface area (Å²) >= 11 is 12.1. The first-order valence-corrected chi connectivity index (χ1v) is 10.4. The lowest BCUT2D eigenvalue weighted by atomic mass is 10.2. The van der Waals surface area contributed by atoms with Crippen LogP contribution in [-0.2, 0) is 10.0 Å². The van der Waals surface area contributed by atoms with Crippen LogP contribution in [0.5, 0.6) is 0 Å². The Morgan fingerprint density at radius 2 is 1.85 bits per heavy atom. The highest BCUT2D eigenvalue weighted by molar-refractivity contribution is 7.92. The van der Waals surface area contributed by atoms with E-state index in [-0.39, 0.29) is 21.4 Å². The second-order valence-corrected chi connectivity index (χ2v) is 8.86. The van der Waals surface area contributed by atoms with Gasteiger partial charge in [0.2, 0.25) is 0 Å². The van der Waals surface area contributed by atoms with Crippen molar-refractivity contribution >= 4 is 44.8 Å². The Morgan fingerprint density at radius 3 is 2.50 bits per heavy atom. The standard InChI is InChI=1S/C18H18Cl2N2O3S/c1-11-2-5-13(8-17(11)20)22-26(24,25)14-6-7-16(19)15(9-14)18(23)21-10-12-3-4-12/h2,5-9,12,22H,3-4,10H2,1H3,(H,21,23). The summed E-state index contributed by atoms with van der Waals surface area (Å²) in [4.78, 5) is 12.2. The van der Waals surface area contributed by atoms with Crippen molar-refractivity contribution in [1.82, 2.24) is 5.32 Å². The number of nitrogens with one attached hydrogen (secondary N) is 2. The molecule has 0 bridgehead atoms. The lowest BCUT2D eigenvalue weighted by molar-refractivity contribution is 0.0951. The molecule has 0 heterocycles. The van der Waals surface area contributed by atoms with E-state index < -0.39 is 10.0 Å². The van der Waals surface area contributed by atoms with Crippen LogP contribution in [0.2, 0.25) is 10.0 Å². The van der Waals surface area contributed by atoms with Crippen LogP contribution in [0, 0.1) is 12.8 Å². The Hall–Kier alpha value is -1.76. The second kappa shape index (κ2) is 7.47. The van der Waals surface area contributed by atoms with Gasteiger partial charge in [-0.2, -0.15) is 0 Å². The SMILES string of the molecule is Cc1ccc(NS(=O)(=O)c2ccc(Cl)c(C(=O)NCC3CC3)c2)cc1Cl.